The van der Waals surface area contributed by atoms with E-state index in [2.05, 4.69) is 10.3 Å². The summed E-state index contributed by atoms with van der Waals surface area (Å²) in [4.78, 5) is 26.9. The summed E-state index contributed by atoms with van der Waals surface area (Å²) in [5, 5.41) is 3.65. The van der Waals surface area contributed by atoms with Crippen molar-refractivity contribution in [2.75, 3.05) is 0 Å². The van der Waals surface area contributed by atoms with Crippen LogP contribution < -0.4 is 10.9 Å². The van der Waals surface area contributed by atoms with Gasteiger partial charge in [-0.1, -0.05) is 24.3 Å². The van der Waals surface area contributed by atoms with Crippen LogP contribution in [-0.4, -0.2) is 10.9 Å². The third-order valence-electron chi connectivity index (χ3n) is 3.83. The van der Waals surface area contributed by atoms with Crippen LogP contribution in [-0.2, 0) is 17.8 Å². The van der Waals surface area contributed by atoms with Gasteiger partial charge in [-0.2, -0.15) is 0 Å². The van der Waals surface area contributed by atoms with Gasteiger partial charge in [0.25, 0.3) is 5.56 Å². The Bertz CT molecular complexity index is 946. The van der Waals surface area contributed by atoms with E-state index in [4.69, 9.17) is 0 Å². The van der Waals surface area contributed by atoms with Crippen molar-refractivity contribution < 1.29 is 9.18 Å². The predicted molar refractivity (Wildman–Crippen MR) is 91.3 cm³/mol. The zero-order valence-corrected chi connectivity index (χ0v) is 13.2. The number of rotatable bonds is 4. The number of fused-ring (bicyclic) bond motifs is 1. The normalized spacial score (nSPS) is 10.8. The molecule has 0 unspecified atom stereocenters. The lowest BCUT2D eigenvalue weighted by molar-refractivity contribution is -0.120. The topological polar surface area (TPSA) is 62.0 Å². The molecule has 0 aliphatic heterocycles. The van der Waals surface area contributed by atoms with Gasteiger partial charge in [-0.3, -0.25) is 9.59 Å². The number of aromatic nitrogens is 1. The summed E-state index contributed by atoms with van der Waals surface area (Å²) in [5.74, 6) is -0.554. The molecule has 0 fully saturated rings. The van der Waals surface area contributed by atoms with Crippen LogP contribution in [0, 0.1) is 12.7 Å². The molecule has 0 aliphatic carbocycles. The number of carbonyl (C=O) groups is 1. The van der Waals surface area contributed by atoms with Crippen LogP contribution >= 0.6 is 0 Å². The van der Waals surface area contributed by atoms with Crippen molar-refractivity contribution in [3.8, 4) is 0 Å². The molecule has 2 N–H and O–H groups in total. The number of benzene rings is 2. The van der Waals surface area contributed by atoms with Gasteiger partial charge in [0.2, 0.25) is 5.91 Å². The largest absolute Gasteiger partial charge is 0.352 e. The Morgan fingerprint density at radius 1 is 1.12 bits per heavy atom. The van der Waals surface area contributed by atoms with Crippen molar-refractivity contribution >= 4 is 16.8 Å². The first-order chi connectivity index (χ1) is 11.5. The van der Waals surface area contributed by atoms with Crippen molar-refractivity contribution in [1.29, 1.82) is 0 Å². The molecule has 0 saturated carbocycles. The molecule has 0 atom stereocenters. The van der Waals surface area contributed by atoms with Gasteiger partial charge in [-0.15, -0.1) is 0 Å². The number of aryl methyl sites for hydroxylation is 1. The van der Waals surface area contributed by atoms with Gasteiger partial charge in [-0.25, -0.2) is 4.39 Å². The quantitative estimate of drug-likeness (QED) is 0.775. The van der Waals surface area contributed by atoms with Gasteiger partial charge in [0.15, 0.2) is 0 Å². The number of hydrogen-bond acceptors (Lipinski definition) is 2. The fourth-order valence-corrected chi connectivity index (χ4v) is 2.54. The van der Waals surface area contributed by atoms with E-state index in [0.717, 1.165) is 22.0 Å². The summed E-state index contributed by atoms with van der Waals surface area (Å²) in [6.45, 7) is 2.11. The van der Waals surface area contributed by atoms with Gasteiger partial charge < -0.3 is 10.3 Å². The van der Waals surface area contributed by atoms with Crippen molar-refractivity contribution in [2.45, 2.75) is 19.9 Å². The number of halogens is 1. The molecule has 2 aromatic carbocycles. The maximum Gasteiger partial charge on any atom is 0.253 e. The fourth-order valence-electron chi connectivity index (χ4n) is 2.54. The van der Waals surface area contributed by atoms with Crippen LogP contribution in [0.25, 0.3) is 10.9 Å². The number of carbonyl (C=O) groups excluding carboxylic acids is 1. The highest BCUT2D eigenvalue weighted by Crippen LogP contribution is 2.13. The Labute approximate surface area is 138 Å². The molecular formula is C19H17FN2O2. The zero-order valence-electron chi connectivity index (χ0n) is 13.2. The van der Waals surface area contributed by atoms with Gasteiger partial charge in [0.1, 0.15) is 5.82 Å². The number of pyridine rings is 1. The van der Waals surface area contributed by atoms with Crippen LogP contribution in [0.3, 0.4) is 0 Å². The summed E-state index contributed by atoms with van der Waals surface area (Å²) in [6.07, 6.45) is 0.144. The first-order valence-corrected chi connectivity index (χ1v) is 7.65. The first-order valence-electron chi connectivity index (χ1n) is 7.65. The van der Waals surface area contributed by atoms with Crippen LogP contribution in [0.5, 0.6) is 0 Å². The minimum absolute atomic E-state index is 0.144. The minimum Gasteiger partial charge on any atom is -0.352 e. The number of hydrogen-bond donors (Lipinski definition) is 2. The molecule has 1 amide bonds. The molecule has 5 heteroatoms. The van der Waals surface area contributed by atoms with Crippen LogP contribution in [0.15, 0.2) is 53.3 Å². The molecule has 0 saturated heterocycles. The summed E-state index contributed by atoms with van der Waals surface area (Å²) in [6, 6.07) is 13.4. The highest BCUT2D eigenvalue weighted by Gasteiger charge is 2.07. The first kappa shape index (κ1) is 15.9. The van der Waals surface area contributed by atoms with E-state index in [0.29, 0.717) is 5.56 Å². The molecule has 1 aromatic heterocycles. The summed E-state index contributed by atoms with van der Waals surface area (Å²) in [5.41, 5.74) is 2.85. The van der Waals surface area contributed by atoms with E-state index >= 15 is 0 Å². The molecule has 0 bridgehead atoms. The average molecular weight is 324 g/mol. The summed E-state index contributed by atoms with van der Waals surface area (Å²) >= 11 is 0. The molecule has 1 heterocycles. The maximum atomic E-state index is 12.9. The average Bonchev–Trinajstić information content (AvgIpc) is 2.55. The lowest BCUT2D eigenvalue weighted by atomic mass is 10.1. The lowest BCUT2D eigenvalue weighted by Gasteiger charge is -2.07. The Balaban J connectivity index is 1.69. The van der Waals surface area contributed by atoms with Crippen LogP contribution in [0.1, 0.15) is 16.7 Å². The van der Waals surface area contributed by atoms with E-state index in [1.807, 2.05) is 25.1 Å². The molecule has 3 rings (SSSR count). The second-order valence-electron chi connectivity index (χ2n) is 5.79. The molecule has 0 aliphatic rings. The number of aromatic amines is 1. The Kier molecular flexibility index (Phi) is 4.42. The van der Waals surface area contributed by atoms with E-state index in [9.17, 15) is 14.0 Å². The van der Waals surface area contributed by atoms with Crippen LogP contribution in [0.4, 0.5) is 4.39 Å². The predicted octanol–water partition coefficient (Wildman–Crippen LogP) is 2.83. The molecule has 0 spiro atoms. The molecule has 24 heavy (non-hydrogen) atoms. The minimum atomic E-state index is -0.336. The van der Waals surface area contributed by atoms with Gasteiger partial charge in [-0.05, 0) is 47.7 Å². The second-order valence-corrected chi connectivity index (χ2v) is 5.79. The van der Waals surface area contributed by atoms with E-state index in [-0.39, 0.29) is 30.2 Å². The standard InChI is InChI=1S/C19H17FN2O2/c1-12-2-5-14-10-15(19(24)22-17(14)8-12)11-21-18(23)9-13-3-6-16(20)7-4-13/h2-8,10H,9,11H2,1H3,(H,21,23)(H,22,24). The molecule has 4 nitrogen and oxygen atoms in total. The van der Waals surface area contributed by atoms with Gasteiger partial charge in [0, 0.05) is 17.6 Å². The highest BCUT2D eigenvalue weighted by molar-refractivity contribution is 5.80. The number of H-pyrrole nitrogens is 1. The van der Waals surface area contributed by atoms with E-state index < -0.39 is 0 Å². The van der Waals surface area contributed by atoms with E-state index in [1.54, 1.807) is 18.2 Å². The second kappa shape index (κ2) is 6.66. The fraction of sp³-hybridized carbons (Fsp3) is 0.158. The summed E-state index contributed by atoms with van der Waals surface area (Å²) in [7, 11) is 0. The van der Waals surface area contributed by atoms with Crippen LogP contribution in [0.2, 0.25) is 0 Å². The zero-order chi connectivity index (χ0) is 17.1. The summed E-state index contributed by atoms with van der Waals surface area (Å²) < 4.78 is 12.9. The third kappa shape index (κ3) is 3.68. The van der Waals surface area contributed by atoms with Gasteiger partial charge >= 0.3 is 0 Å². The monoisotopic (exact) mass is 324 g/mol. The SMILES string of the molecule is Cc1ccc2cc(CNC(=O)Cc3ccc(F)cc3)c(=O)[nH]c2c1. The lowest BCUT2D eigenvalue weighted by Crippen LogP contribution is -2.28. The van der Waals surface area contributed by atoms with Crippen molar-refractivity contribution in [3.63, 3.8) is 0 Å². The molecular weight excluding hydrogens is 307 g/mol. The van der Waals surface area contributed by atoms with E-state index in [1.165, 1.54) is 12.1 Å². The molecule has 0 radical (unpaired) electrons. The maximum absolute atomic E-state index is 12.9. The smallest absolute Gasteiger partial charge is 0.253 e. The van der Waals surface area contributed by atoms with Crippen molar-refractivity contribution in [2.24, 2.45) is 0 Å². The molecule has 122 valence electrons. The Morgan fingerprint density at radius 2 is 1.88 bits per heavy atom. The van der Waals surface area contributed by atoms with Crippen molar-refractivity contribution in [1.82, 2.24) is 10.3 Å². The van der Waals surface area contributed by atoms with Crippen molar-refractivity contribution in [3.05, 3.63) is 81.4 Å². The Hall–Kier alpha value is -2.95. The Morgan fingerprint density at radius 3 is 2.62 bits per heavy atom. The van der Waals surface area contributed by atoms with Gasteiger partial charge in [0.05, 0.1) is 6.42 Å². The third-order valence-corrected chi connectivity index (χ3v) is 3.83. The number of nitrogens with one attached hydrogen (secondary N) is 2. The highest BCUT2D eigenvalue weighted by atomic mass is 19.1. The molecule has 3 aromatic rings. The number of amides is 1.